The van der Waals surface area contributed by atoms with E-state index in [-0.39, 0.29) is 29.7 Å². The average molecular weight is 339 g/mol. The largest absolute Gasteiger partial charge is 0.303 e. The van der Waals surface area contributed by atoms with Gasteiger partial charge in [-0.25, -0.2) is 0 Å². The van der Waals surface area contributed by atoms with Crippen LogP contribution in [0.1, 0.15) is 24.4 Å². The second-order valence-electron chi connectivity index (χ2n) is 7.40. The summed E-state index contributed by atoms with van der Waals surface area (Å²) in [6, 6.07) is 10.6. The number of benzene rings is 1. The summed E-state index contributed by atoms with van der Waals surface area (Å²) in [4.78, 5) is 31.6. The van der Waals surface area contributed by atoms with Gasteiger partial charge in [0.05, 0.1) is 18.5 Å². The molecule has 5 nitrogen and oxygen atoms in total. The number of piperazine rings is 1. The number of carbonyl (C=O) groups excluding carboxylic acids is 2. The van der Waals surface area contributed by atoms with E-state index in [1.165, 1.54) is 10.5 Å². The molecule has 0 aromatic heterocycles. The van der Waals surface area contributed by atoms with Gasteiger partial charge in [-0.2, -0.15) is 0 Å². The molecule has 1 aromatic rings. The van der Waals surface area contributed by atoms with Crippen LogP contribution in [-0.2, 0) is 9.59 Å². The van der Waals surface area contributed by atoms with Gasteiger partial charge in [-0.15, -0.1) is 0 Å². The lowest BCUT2D eigenvalue weighted by molar-refractivity contribution is -0.143. The molecule has 3 aliphatic rings. The Labute approximate surface area is 148 Å². The van der Waals surface area contributed by atoms with E-state index in [0.717, 1.165) is 19.6 Å². The lowest BCUT2D eigenvalue weighted by Crippen LogP contribution is -2.51. The molecule has 2 heterocycles. The highest BCUT2D eigenvalue weighted by Gasteiger charge is 2.48. The number of likely N-dealkylation sites (tertiary alicyclic amines) is 1. The number of allylic oxidation sites excluding steroid dienone is 2. The molecule has 0 saturated carbocycles. The minimum absolute atomic E-state index is 0.0186. The molecule has 4 rings (SSSR count). The molecule has 2 saturated heterocycles. The molecule has 0 unspecified atom stereocenters. The maximum atomic E-state index is 12.8. The van der Waals surface area contributed by atoms with E-state index >= 15 is 0 Å². The van der Waals surface area contributed by atoms with Crippen LogP contribution in [0.25, 0.3) is 0 Å². The van der Waals surface area contributed by atoms with Crippen molar-refractivity contribution >= 4 is 11.8 Å². The SMILES string of the molecule is CN1CCN(CN2C(=O)[C@H]3CC=CC[C@H]3C2=O)[C@@H](c2ccccc2)C1. The average Bonchev–Trinajstić information content (AvgIpc) is 2.89. The van der Waals surface area contributed by atoms with E-state index in [9.17, 15) is 9.59 Å². The molecule has 2 aliphatic heterocycles. The van der Waals surface area contributed by atoms with E-state index in [1.807, 2.05) is 18.2 Å². The molecule has 0 bridgehead atoms. The molecule has 2 fully saturated rings. The van der Waals surface area contributed by atoms with Crippen molar-refractivity contribution in [1.82, 2.24) is 14.7 Å². The van der Waals surface area contributed by atoms with Crippen molar-refractivity contribution in [2.75, 3.05) is 33.4 Å². The Kier molecular flexibility index (Phi) is 4.44. The lowest BCUT2D eigenvalue weighted by Gasteiger charge is -2.41. The Hall–Kier alpha value is -1.98. The first-order valence-corrected chi connectivity index (χ1v) is 9.13. The molecule has 1 aromatic carbocycles. The molecule has 5 heteroatoms. The van der Waals surface area contributed by atoms with Gasteiger partial charge < -0.3 is 4.90 Å². The van der Waals surface area contributed by atoms with Crippen LogP contribution in [-0.4, -0.2) is 59.9 Å². The number of rotatable bonds is 3. The fraction of sp³-hybridized carbons (Fsp3) is 0.500. The zero-order chi connectivity index (χ0) is 17.4. The summed E-state index contributed by atoms with van der Waals surface area (Å²) >= 11 is 0. The monoisotopic (exact) mass is 339 g/mol. The summed E-state index contributed by atoms with van der Waals surface area (Å²) in [6.07, 6.45) is 5.49. The van der Waals surface area contributed by atoms with Crippen LogP contribution < -0.4 is 0 Å². The molecule has 0 radical (unpaired) electrons. The summed E-state index contributed by atoms with van der Waals surface area (Å²) in [7, 11) is 2.12. The third-order valence-corrected chi connectivity index (χ3v) is 5.80. The van der Waals surface area contributed by atoms with Crippen molar-refractivity contribution in [2.45, 2.75) is 18.9 Å². The summed E-state index contributed by atoms with van der Waals surface area (Å²) in [5, 5.41) is 0. The van der Waals surface area contributed by atoms with Crippen LogP contribution in [0.5, 0.6) is 0 Å². The third kappa shape index (κ3) is 3.02. The first-order chi connectivity index (χ1) is 12.1. The number of fused-ring (bicyclic) bond motifs is 1. The predicted molar refractivity (Wildman–Crippen MR) is 95.5 cm³/mol. The Morgan fingerprint density at radius 3 is 2.24 bits per heavy atom. The fourth-order valence-electron chi connectivity index (χ4n) is 4.31. The van der Waals surface area contributed by atoms with E-state index < -0.39 is 0 Å². The number of carbonyl (C=O) groups is 2. The van der Waals surface area contributed by atoms with Gasteiger partial charge in [-0.3, -0.25) is 19.4 Å². The van der Waals surface area contributed by atoms with Crippen LogP contribution >= 0.6 is 0 Å². The number of hydrogen-bond acceptors (Lipinski definition) is 4. The summed E-state index contributed by atoms with van der Waals surface area (Å²) in [6.45, 7) is 3.14. The van der Waals surface area contributed by atoms with Crippen LogP contribution in [0.4, 0.5) is 0 Å². The van der Waals surface area contributed by atoms with E-state index in [2.05, 4.69) is 41.1 Å². The molecule has 3 atom stereocenters. The second-order valence-corrected chi connectivity index (χ2v) is 7.40. The van der Waals surface area contributed by atoms with Gasteiger partial charge in [0.2, 0.25) is 11.8 Å². The third-order valence-electron chi connectivity index (χ3n) is 5.80. The summed E-state index contributed by atoms with van der Waals surface area (Å²) < 4.78 is 0. The molecular formula is C20H25N3O2. The van der Waals surface area contributed by atoms with Crippen LogP contribution in [0.15, 0.2) is 42.5 Å². The summed E-state index contributed by atoms with van der Waals surface area (Å²) in [5.41, 5.74) is 1.24. The number of likely N-dealkylation sites (N-methyl/N-ethyl adjacent to an activating group) is 1. The number of imide groups is 1. The Morgan fingerprint density at radius 1 is 0.960 bits per heavy atom. The first-order valence-electron chi connectivity index (χ1n) is 9.13. The highest BCUT2D eigenvalue weighted by molar-refractivity contribution is 6.05. The minimum Gasteiger partial charge on any atom is -0.303 e. The van der Waals surface area contributed by atoms with E-state index in [0.29, 0.717) is 19.5 Å². The van der Waals surface area contributed by atoms with Crippen molar-refractivity contribution < 1.29 is 9.59 Å². The maximum absolute atomic E-state index is 12.8. The van der Waals surface area contributed by atoms with Crippen molar-refractivity contribution in [1.29, 1.82) is 0 Å². The molecule has 0 N–H and O–H groups in total. The first kappa shape index (κ1) is 16.5. The maximum Gasteiger partial charge on any atom is 0.234 e. The Balaban J connectivity index is 1.54. The van der Waals surface area contributed by atoms with Gasteiger partial charge in [0.25, 0.3) is 0 Å². The van der Waals surface area contributed by atoms with E-state index in [1.54, 1.807) is 0 Å². The lowest BCUT2D eigenvalue weighted by atomic mass is 9.85. The van der Waals surface area contributed by atoms with E-state index in [4.69, 9.17) is 0 Å². The van der Waals surface area contributed by atoms with Gasteiger partial charge in [-0.1, -0.05) is 42.5 Å². The van der Waals surface area contributed by atoms with Crippen molar-refractivity contribution in [3.8, 4) is 0 Å². The van der Waals surface area contributed by atoms with Gasteiger partial charge >= 0.3 is 0 Å². The van der Waals surface area contributed by atoms with Gasteiger partial charge in [0.1, 0.15) is 0 Å². The standard InChI is InChI=1S/C20H25N3O2/c1-21-11-12-22(18(13-21)15-7-3-2-4-8-15)14-23-19(24)16-9-5-6-10-17(16)20(23)25/h2-8,16-18H,9-14H2,1H3/t16-,17+,18-/m1/s1. The summed E-state index contributed by atoms with van der Waals surface area (Å²) in [5.74, 6) is -0.240. The van der Waals surface area contributed by atoms with Crippen molar-refractivity contribution in [3.63, 3.8) is 0 Å². The minimum atomic E-state index is -0.139. The molecule has 1 aliphatic carbocycles. The highest BCUT2D eigenvalue weighted by Crippen LogP contribution is 2.36. The Morgan fingerprint density at radius 2 is 1.60 bits per heavy atom. The molecule has 2 amide bonds. The molecule has 0 spiro atoms. The zero-order valence-electron chi connectivity index (χ0n) is 14.7. The second kappa shape index (κ2) is 6.73. The van der Waals surface area contributed by atoms with Gasteiger partial charge in [0, 0.05) is 25.7 Å². The number of amides is 2. The van der Waals surface area contributed by atoms with Gasteiger partial charge in [-0.05, 0) is 25.5 Å². The molecule has 132 valence electrons. The highest BCUT2D eigenvalue weighted by atomic mass is 16.2. The van der Waals surface area contributed by atoms with Crippen LogP contribution in [0.2, 0.25) is 0 Å². The van der Waals surface area contributed by atoms with Crippen LogP contribution in [0, 0.1) is 11.8 Å². The zero-order valence-corrected chi connectivity index (χ0v) is 14.7. The normalized spacial score (nSPS) is 30.8. The fourth-order valence-corrected chi connectivity index (χ4v) is 4.31. The van der Waals surface area contributed by atoms with Crippen molar-refractivity contribution in [2.24, 2.45) is 11.8 Å². The molecule has 25 heavy (non-hydrogen) atoms. The quantitative estimate of drug-likeness (QED) is 0.623. The van der Waals surface area contributed by atoms with Crippen molar-refractivity contribution in [3.05, 3.63) is 48.0 Å². The predicted octanol–water partition coefficient (Wildman–Crippen LogP) is 1.88. The number of nitrogens with zero attached hydrogens (tertiary/aromatic N) is 3. The topological polar surface area (TPSA) is 43.9 Å². The molecular weight excluding hydrogens is 314 g/mol. The number of hydrogen-bond donors (Lipinski definition) is 0. The smallest absolute Gasteiger partial charge is 0.234 e. The Bertz CT molecular complexity index is 661. The van der Waals surface area contributed by atoms with Crippen LogP contribution in [0.3, 0.4) is 0 Å². The van der Waals surface area contributed by atoms with Gasteiger partial charge in [0.15, 0.2) is 0 Å².